The first-order valence-corrected chi connectivity index (χ1v) is 7.28. The first kappa shape index (κ1) is 16.7. The third kappa shape index (κ3) is 4.94. The number of hydrogen-bond donors (Lipinski definition) is 0. The Balaban J connectivity index is 2.53. The maximum atomic E-state index is 12.2. The molecule has 0 aromatic carbocycles. The molecule has 0 aliphatic carbocycles. The molecule has 20 heavy (non-hydrogen) atoms. The summed E-state index contributed by atoms with van der Waals surface area (Å²) < 4.78 is 0. The fourth-order valence-electron chi connectivity index (χ4n) is 2.29. The summed E-state index contributed by atoms with van der Waals surface area (Å²) in [5.41, 5.74) is -0.381. The van der Waals surface area contributed by atoms with Crippen LogP contribution in [0.5, 0.6) is 0 Å². The number of carbonyl (C=O) groups is 3. The van der Waals surface area contributed by atoms with E-state index in [4.69, 9.17) is 0 Å². The summed E-state index contributed by atoms with van der Waals surface area (Å²) in [6, 6.07) is 0. The highest BCUT2D eigenvalue weighted by Gasteiger charge is 2.29. The summed E-state index contributed by atoms with van der Waals surface area (Å²) in [7, 11) is 0. The normalized spacial score (nSPS) is 16.8. The lowest BCUT2D eigenvalue weighted by Gasteiger charge is -2.28. The molecule has 1 aliphatic heterocycles. The number of ketones is 1. The minimum absolute atomic E-state index is 0.0188. The highest BCUT2D eigenvalue weighted by atomic mass is 16.2. The van der Waals surface area contributed by atoms with E-state index in [1.54, 1.807) is 4.90 Å². The van der Waals surface area contributed by atoms with Crippen LogP contribution in [0, 0.1) is 5.41 Å². The zero-order valence-corrected chi connectivity index (χ0v) is 13.1. The second kappa shape index (κ2) is 6.86. The SMILES string of the molecule is CC(=O)CCC(=O)N1CCCN(C(=O)C(C)(C)C)CC1. The smallest absolute Gasteiger partial charge is 0.228 e. The van der Waals surface area contributed by atoms with Crippen LogP contribution in [0.15, 0.2) is 0 Å². The van der Waals surface area contributed by atoms with Gasteiger partial charge in [-0.15, -0.1) is 0 Å². The van der Waals surface area contributed by atoms with Gasteiger partial charge in [-0.05, 0) is 13.3 Å². The standard InChI is InChI=1S/C15H26N2O3/c1-12(18)6-7-13(19)16-8-5-9-17(11-10-16)14(20)15(2,3)4/h5-11H2,1-4H3. The zero-order valence-electron chi connectivity index (χ0n) is 13.1. The number of nitrogens with zero attached hydrogens (tertiary/aromatic N) is 2. The van der Waals surface area contributed by atoms with Gasteiger partial charge in [0.25, 0.3) is 0 Å². The van der Waals surface area contributed by atoms with Gasteiger partial charge in [0.15, 0.2) is 0 Å². The minimum Gasteiger partial charge on any atom is -0.341 e. The Labute approximate surface area is 121 Å². The van der Waals surface area contributed by atoms with Crippen molar-refractivity contribution in [2.75, 3.05) is 26.2 Å². The molecule has 0 atom stereocenters. The predicted octanol–water partition coefficient (Wildman–Crippen LogP) is 1.46. The molecular formula is C15H26N2O3. The molecule has 0 bridgehead atoms. The Morgan fingerprint density at radius 3 is 2.00 bits per heavy atom. The van der Waals surface area contributed by atoms with Crippen LogP contribution in [0.1, 0.15) is 47.0 Å². The Hall–Kier alpha value is -1.39. The summed E-state index contributed by atoms with van der Waals surface area (Å²) in [5, 5.41) is 0. The van der Waals surface area contributed by atoms with Gasteiger partial charge in [-0.1, -0.05) is 20.8 Å². The average molecular weight is 282 g/mol. The predicted molar refractivity (Wildman–Crippen MR) is 77.1 cm³/mol. The molecule has 0 aromatic heterocycles. The van der Waals surface area contributed by atoms with E-state index in [9.17, 15) is 14.4 Å². The largest absolute Gasteiger partial charge is 0.341 e. The maximum Gasteiger partial charge on any atom is 0.228 e. The molecule has 5 nitrogen and oxygen atoms in total. The Bertz CT molecular complexity index is 385. The third-order valence-corrected chi connectivity index (χ3v) is 3.47. The average Bonchev–Trinajstić information content (AvgIpc) is 2.59. The molecule has 0 N–H and O–H groups in total. The van der Waals surface area contributed by atoms with Crippen LogP contribution in [0.25, 0.3) is 0 Å². The fraction of sp³-hybridized carbons (Fsp3) is 0.800. The van der Waals surface area contributed by atoms with Crippen LogP contribution in [0.4, 0.5) is 0 Å². The lowest BCUT2D eigenvalue weighted by Crippen LogP contribution is -2.42. The number of rotatable bonds is 3. The monoisotopic (exact) mass is 282 g/mol. The summed E-state index contributed by atoms with van der Waals surface area (Å²) >= 11 is 0. The summed E-state index contributed by atoms with van der Waals surface area (Å²) in [6.45, 7) is 9.76. The minimum atomic E-state index is -0.381. The highest BCUT2D eigenvalue weighted by Crippen LogP contribution is 2.18. The van der Waals surface area contributed by atoms with Gasteiger partial charge in [0.05, 0.1) is 0 Å². The van der Waals surface area contributed by atoms with Gasteiger partial charge < -0.3 is 14.6 Å². The molecule has 114 valence electrons. The van der Waals surface area contributed by atoms with Gasteiger partial charge in [-0.25, -0.2) is 0 Å². The molecule has 0 unspecified atom stereocenters. The number of carbonyl (C=O) groups excluding carboxylic acids is 3. The Morgan fingerprint density at radius 2 is 1.45 bits per heavy atom. The molecule has 0 saturated carbocycles. The van der Waals surface area contributed by atoms with E-state index in [-0.39, 0.29) is 29.4 Å². The molecule has 1 rings (SSSR count). The summed E-state index contributed by atoms with van der Waals surface area (Å²) in [5.74, 6) is 0.193. The van der Waals surface area contributed by atoms with Crippen LogP contribution in [0.3, 0.4) is 0 Å². The van der Waals surface area contributed by atoms with E-state index in [0.717, 1.165) is 6.42 Å². The van der Waals surface area contributed by atoms with Crippen molar-refractivity contribution in [1.82, 2.24) is 9.80 Å². The Morgan fingerprint density at radius 1 is 0.900 bits per heavy atom. The topological polar surface area (TPSA) is 57.7 Å². The van der Waals surface area contributed by atoms with Crippen molar-refractivity contribution in [3.8, 4) is 0 Å². The lowest BCUT2D eigenvalue weighted by atomic mass is 9.94. The molecule has 1 aliphatic rings. The van der Waals surface area contributed by atoms with Gasteiger partial charge in [0.1, 0.15) is 5.78 Å². The van der Waals surface area contributed by atoms with Crippen LogP contribution in [0.2, 0.25) is 0 Å². The van der Waals surface area contributed by atoms with Crippen LogP contribution < -0.4 is 0 Å². The van der Waals surface area contributed by atoms with Gasteiger partial charge in [-0.2, -0.15) is 0 Å². The van der Waals surface area contributed by atoms with Crippen molar-refractivity contribution in [3.63, 3.8) is 0 Å². The second-order valence-electron chi connectivity index (χ2n) is 6.48. The number of hydrogen-bond acceptors (Lipinski definition) is 3. The second-order valence-corrected chi connectivity index (χ2v) is 6.48. The first-order valence-electron chi connectivity index (χ1n) is 7.28. The molecule has 1 fully saturated rings. The van der Waals surface area contributed by atoms with Crippen molar-refractivity contribution in [3.05, 3.63) is 0 Å². The van der Waals surface area contributed by atoms with Crippen molar-refractivity contribution in [1.29, 1.82) is 0 Å². The van der Waals surface area contributed by atoms with E-state index < -0.39 is 0 Å². The van der Waals surface area contributed by atoms with Crippen LogP contribution in [-0.4, -0.2) is 53.6 Å². The fourth-order valence-corrected chi connectivity index (χ4v) is 2.29. The molecule has 5 heteroatoms. The van der Waals surface area contributed by atoms with Gasteiger partial charge in [-0.3, -0.25) is 9.59 Å². The molecule has 1 heterocycles. The quantitative estimate of drug-likeness (QED) is 0.787. The zero-order chi connectivity index (χ0) is 15.3. The van der Waals surface area contributed by atoms with Crippen molar-refractivity contribution in [2.45, 2.75) is 47.0 Å². The summed E-state index contributed by atoms with van der Waals surface area (Å²) in [6.07, 6.45) is 1.39. The van der Waals surface area contributed by atoms with E-state index >= 15 is 0 Å². The number of Topliss-reactive ketones (excluding diaryl/α,β-unsaturated/α-hetero) is 1. The van der Waals surface area contributed by atoms with Gasteiger partial charge >= 0.3 is 0 Å². The maximum absolute atomic E-state index is 12.2. The molecule has 0 spiro atoms. The summed E-state index contributed by atoms with van der Waals surface area (Å²) in [4.78, 5) is 38.8. The van der Waals surface area contributed by atoms with Crippen molar-refractivity contribution < 1.29 is 14.4 Å². The van der Waals surface area contributed by atoms with E-state index in [0.29, 0.717) is 32.6 Å². The van der Waals surface area contributed by atoms with Crippen molar-refractivity contribution >= 4 is 17.6 Å². The van der Waals surface area contributed by atoms with Crippen LogP contribution >= 0.6 is 0 Å². The van der Waals surface area contributed by atoms with E-state index in [2.05, 4.69) is 0 Å². The van der Waals surface area contributed by atoms with E-state index in [1.807, 2.05) is 25.7 Å². The molecule has 0 radical (unpaired) electrons. The molecule has 1 saturated heterocycles. The number of amides is 2. The van der Waals surface area contributed by atoms with Gasteiger partial charge in [0, 0.05) is 44.4 Å². The van der Waals surface area contributed by atoms with Crippen LogP contribution in [-0.2, 0) is 14.4 Å². The highest BCUT2D eigenvalue weighted by molar-refractivity contribution is 5.84. The molecule has 0 aromatic rings. The third-order valence-electron chi connectivity index (χ3n) is 3.47. The first-order chi connectivity index (χ1) is 9.21. The molecular weight excluding hydrogens is 256 g/mol. The lowest BCUT2D eigenvalue weighted by molar-refractivity contribution is -0.140. The van der Waals surface area contributed by atoms with Crippen molar-refractivity contribution in [2.24, 2.45) is 5.41 Å². The Kier molecular flexibility index (Phi) is 5.72. The van der Waals surface area contributed by atoms with E-state index in [1.165, 1.54) is 6.92 Å². The molecule has 2 amide bonds. The van der Waals surface area contributed by atoms with Gasteiger partial charge in [0.2, 0.25) is 11.8 Å².